The van der Waals surface area contributed by atoms with E-state index >= 15 is 0 Å². The van der Waals surface area contributed by atoms with Crippen LogP contribution in [0.15, 0.2) is 48.5 Å². The van der Waals surface area contributed by atoms with E-state index in [4.69, 9.17) is 9.47 Å². The minimum atomic E-state index is -1.24. The number of halogens is 5. The molecule has 0 saturated heterocycles. The number of allylic oxidation sites excluding steroid dienone is 2. The fourth-order valence-electron chi connectivity index (χ4n) is 4.34. The normalized spacial score (nSPS) is 15.2. The second kappa shape index (κ2) is 11.8. The highest BCUT2D eigenvalue weighted by atomic mass is 19.2. The van der Waals surface area contributed by atoms with Crippen LogP contribution in [-0.4, -0.2) is 12.6 Å². The first-order chi connectivity index (χ1) is 18.2. The lowest BCUT2D eigenvalue weighted by Gasteiger charge is -2.21. The highest BCUT2D eigenvalue weighted by molar-refractivity contribution is 5.78. The summed E-state index contributed by atoms with van der Waals surface area (Å²) in [4.78, 5) is 12.7. The Morgan fingerprint density at radius 1 is 0.895 bits per heavy atom. The summed E-state index contributed by atoms with van der Waals surface area (Å²) in [6, 6.07) is 8.95. The summed E-state index contributed by atoms with van der Waals surface area (Å²) in [5.41, 5.74) is 0.506. The molecule has 0 fully saturated rings. The van der Waals surface area contributed by atoms with E-state index in [1.54, 1.807) is 6.08 Å². The summed E-state index contributed by atoms with van der Waals surface area (Å²) in [6.07, 6.45) is 4.13. The van der Waals surface area contributed by atoms with E-state index in [0.29, 0.717) is 24.8 Å². The van der Waals surface area contributed by atoms with E-state index in [9.17, 15) is 26.7 Å². The van der Waals surface area contributed by atoms with Gasteiger partial charge < -0.3 is 9.47 Å². The van der Waals surface area contributed by atoms with Gasteiger partial charge in [-0.1, -0.05) is 31.6 Å². The molecule has 1 aliphatic carbocycles. The van der Waals surface area contributed by atoms with Crippen molar-refractivity contribution in [2.24, 2.45) is 5.92 Å². The minimum Gasteiger partial charge on any atom is -0.490 e. The third-order valence-corrected chi connectivity index (χ3v) is 6.62. The van der Waals surface area contributed by atoms with Gasteiger partial charge in [0.1, 0.15) is 11.6 Å². The van der Waals surface area contributed by atoms with Crippen molar-refractivity contribution < 1.29 is 36.2 Å². The molecule has 200 valence electrons. The lowest BCUT2D eigenvalue weighted by Crippen LogP contribution is -2.22. The fourth-order valence-corrected chi connectivity index (χ4v) is 4.34. The van der Waals surface area contributed by atoms with Crippen LogP contribution in [0.5, 0.6) is 11.5 Å². The third kappa shape index (κ3) is 5.74. The number of rotatable bonds is 8. The Morgan fingerprint density at radius 3 is 2.29 bits per heavy atom. The maximum Gasteiger partial charge on any atom is 0.314 e. The predicted octanol–water partition coefficient (Wildman–Crippen LogP) is 8.33. The zero-order valence-electron chi connectivity index (χ0n) is 21.1. The Labute approximate surface area is 217 Å². The molecule has 1 unspecified atom stereocenters. The molecule has 0 aromatic heterocycles. The number of carbonyl (C=O) groups excluding carboxylic acids is 1. The topological polar surface area (TPSA) is 35.5 Å². The second-order valence-electron chi connectivity index (χ2n) is 9.26. The fraction of sp³-hybridized carbons (Fsp3) is 0.300. The van der Waals surface area contributed by atoms with Gasteiger partial charge >= 0.3 is 5.97 Å². The Morgan fingerprint density at radius 2 is 1.61 bits per heavy atom. The van der Waals surface area contributed by atoms with Crippen LogP contribution < -0.4 is 9.47 Å². The van der Waals surface area contributed by atoms with Crippen LogP contribution in [0.25, 0.3) is 16.7 Å². The molecular weight excluding hydrogens is 503 g/mol. The lowest BCUT2D eigenvalue weighted by atomic mass is 9.86. The Bertz CT molecular complexity index is 1380. The van der Waals surface area contributed by atoms with Crippen LogP contribution in [-0.2, 0) is 4.79 Å². The molecule has 1 atom stereocenters. The monoisotopic (exact) mass is 530 g/mol. The molecule has 0 saturated carbocycles. The number of esters is 1. The zero-order valence-corrected chi connectivity index (χ0v) is 21.1. The van der Waals surface area contributed by atoms with Crippen molar-refractivity contribution in [1.29, 1.82) is 0 Å². The number of unbranched alkanes of at least 4 members (excludes halogenated alkanes) is 1. The molecule has 0 amide bonds. The summed E-state index contributed by atoms with van der Waals surface area (Å²) in [5, 5.41) is 0. The summed E-state index contributed by atoms with van der Waals surface area (Å²) >= 11 is 0. The molecule has 0 aliphatic heterocycles. The largest absolute Gasteiger partial charge is 0.490 e. The highest BCUT2D eigenvalue weighted by Gasteiger charge is 2.26. The first-order valence-electron chi connectivity index (χ1n) is 12.5. The number of hydrogen-bond acceptors (Lipinski definition) is 3. The molecule has 8 heteroatoms. The second-order valence-corrected chi connectivity index (χ2v) is 9.26. The minimum absolute atomic E-state index is 0.0851. The van der Waals surface area contributed by atoms with Crippen LogP contribution >= 0.6 is 0 Å². The molecule has 0 heterocycles. The molecule has 0 N–H and O–H groups in total. The number of hydrogen-bond donors (Lipinski definition) is 0. The van der Waals surface area contributed by atoms with Gasteiger partial charge in [-0.3, -0.25) is 4.79 Å². The van der Waals surface area contributed by atoms with Gasteiger partial charge in [0.15, 0.2) is 23.2 Å². The number of benzene rings is 3. The van der Waals surface area contributed by atoms with E-state index in [2.05, 4.69) is 0 Å². The SMILES string of the molecule is CCCCOc1ccc(-c2ccc(OC(=O)C3CC=C(c4ccc(C)c(F)c4F)CC3)cc2F)c(F)c1F. The van der Waals surface area contributed by atoms with Crippen molar-refractivity contribution in [3.8, 4) is 22.6 Å². The molecule has 0 bridgehead atoms. The van der Waals surface area contributed by atoms with Crippen LogP contribution in [0.2, 0.25) is 0 Å². The molecule has 38 heavy (non-hydrogen) atoms. The first kappa shape index (κ1) is 27.4. The molecule has 3 aromatic rings. The van der Waals surface area contributed by atoms with Crippen LogP contribution in [0.3, 0.4) is 0 Å². The summed E-state index contributed by atoms with van der Waals surface area (Å²) < 4.78 is 82.7. The van der Waals surface area contributed by atoms with E-state index in [1.807, 2.05) is 6.92 Å². The van der Waals surface area contributed by atoms with Gasteiger partial charge in [0.2, 0.25) is 5.82 Å². The van der Waals surface area contributed by atoms with E-state index in [1.165, 1.54) is 43.3 Å². The predicted molar refractivity (Wildman–Crippen MR) is 134 cm³/mol. The van der Waals surface area contributed by atoms with E-state index in [0.717, 1.165) is 12.5 Å². The molecule has 0 radical (unpaired) electrons. The van der Waals surface area contributed by atoms with Crippen molar-refractivity contribution in [2.75, 3.05) is 6.61 Å². The quantitative estimate of drug-likeness (QED) is 0.127. The van der Waals surface area contributed by atoms with Crippen LogP contribution in [0.4, 0.5) is 22.0 Å². The van der Waals surface area contributed by atoms with Crippen LogP contribution in [0.1, 0.15) is 50.2 Å². The average Bonchev–Trinajstić information content (AvgIpc) is 2.91. The van der Waals surface area contributed by atoms with Gasteiger partial charge in [0.25, 0.3) is 0 Å². The van der Waals surface area contributed by atoms with Crippen molar-refractivity contribution in [3.05, 3.63) is 88.8 Å². The molecule has 3 aromatic carbocycles. The third-order valence-electron chi connectivity index (χ3n) is 6.62. The highest BCUT2D eigenvalue weighted by Crippen LogP contribution is 2.35. The lowest BCUT2D eigenvalue weighted by molar-refractivity contribution is -0.139. The molecule has 0 spiro atoms. The summed E-state index contributed by atoms with van der Waals surface area (Å²) in [5.74, 6) is -6.62. The number of carbonyl (C=O) groups is 1. The standard InChI is InChI=1S/C30H27F5O3/c1-3-4-15-37-25-14-13-23(28(34)29(25)35)22-12-10-20(16-24(22)31)38-30(36)19-8-6-18(7-9-19)21-11-5-17(2)26(32)27(21)33/h5-6,10-14,16,19H,3-4,7-9,15H2,1-2H3. The maximum atomic E-state index is 14.8. The van der Waals surface area contributed by atoms with Gasteiger partial charge in [0, 0.05) is 22.8 Å². The van der Waals surface area contributed by atoms with Crippen molar-refractivity contribution >= 4 is 11.5 Å². The van der Waals surface area contributed by atoms with Gasteiger partial charge in [-0.05, 0) is 68.0 Å². The van der Waals surface area contributed by atoms with Crippen LogP contribution in [0, 0.1) is 41.9 Å². The Hall–Kier alpha value is -3.68. The van der Waals surface area contributed by atoms with Gasteiger partial charge in [-0.2, -0.15) is 4.39 Å². The summed E-state index contributed by atoms with van der Waals surface area (Å²) in [6.45, 7) is 3.65. The smallest absolute Gasteiger partial charge is 0.314 e. The Kier molecular flexibility index (Phi) is 8.49. The van der Waals surface area contributed by atoms with E-state index in [-0.39, 0.29) is 46.8 Å². The number of aryl methyl sites for hydroxylation is 1. The van der Waals surface area contributed by atoms with Crippen molar-refractivity contribution in [3.63, 3.8) is 0 Å². The van der Waals surface area contributed by atoms with Gasteiger partial charge in [0.05, 0.1) is 12.5 Å². The van der Waals surface area contributed by atoms with Gasteiger partial charge in [-0.15, -0.1) is 0 Å². The Balaban J connectivity index is 1.44. The zero-order chi connectivity index (χ0) is 27.4. The maximum absolute atomic E-state index is 14.8. The molecule has 1 aliphatic rings. The molecule has 4 rings (SSSR count). The number of ether oxygens (including phenoxy) is 2. The van der Waals surface area contributed by atoms with Crippen molar-refractivity contribution in [2.45, 2.75) is 46.0 Å². The molecule has 3 nitrogen and oxygen atoms in total. The van der Waals surface area contributed by atoms with E-state index < -0.39 is 41.0 Å². The average molecular weight is 531 g/mol. The first-order valence-corrected chi connectivity index (χ1v) is 12.5. The van der Waals surface area contributed by atoms with Crippen molar-refractivity contribution in [1.82, 2.24) is 0 Å². The molecular formula is C30H27F5O3. The summed E-state index contributed by atoms with van der Waals surface area (Å²) in [7, 11) is 0. The van der Waals surface area contributed by atoms with Gasteiger partial charge in [-0.25, -0.2) is 17.6 Å².